The van der Waals surface area contributed by atoms with E-state index in [1.54, 1.807) is 12.3 Å². The van der Waals surface area contributed by atoms with Crippen LogP contribution < -0.4 is 10.1 Å². The van der Waals surface area contributed by atoms with Crippen molar-refractivity contribution in [2.75, 3.05) is 12.4 Å². The van der Waals surface area contributed by atoms with Crippen molar-refractivity contribution in [1.82, 2.24) is 4.98 Å². The third-order valence-electron chi connectivity index (χ3n) is 2.30. The van der Waals surface area contributed by atoms with Crippen LogP contribution in [0.5, 0.6) is 5.75 Å². The molecule has 2 aromatic rings. The second kappa shape index (κ2) is 5.22. The maximum absolute atomic E-state index is 13.0. The van der Waals surface area contributed by atoms with Crippen LogP contribution in [-0.2, 0) is 0 Å². The number of benzene rings is 1. The van der Waals surface area contributed by atoms with Crippen LogP contribution >= 0.6 is 15.9 Å². The maximum Gasteiger partial charge on any atom is 0.272 e. The molecular formula is C12H10BrFN2O2. The number of nitrogens with one attached hydrogen (secondary N) is 2. The first-order chi connectivity index (χ1) is 8.60. The number of hydrogen-bond donors (Lipinski definition) is 2. The van der Waals surface area contributed by atoms with Crippen LogP contribution in [0.2, 0.25) is 0 Å². The average molecular weight is 313 g/mol. The molecule has 2 N–H and O–H groups in total. The molecule has 0 aliphatic carbocycles. The minimum absolute atomic E-state index is 0.272. The number of ether oxygens (including phenoxy) is 1. The maximum atomic E-state index is 13.0. The highest BCUT2D eigenvalue weighted by molar-refractivity contribution is 9.10. The van der Waals surface area contributed by atoms with E-state index in [1.807, 2.05) is 0 Å². The van der Waals surface area contributed by atoms with Crippen molar-refractivity contribution in [2.24, 2.45) is 0 Å². The third kappa shape index (κ3) is 2.70. The fourth-order valence-corrected chi connectivity index (χ4v) is 1.80. The molecule has 6 heteroatoms. The number of aromatic amines is 1. The van der Waals surface area contributed by atoms with Crippen molar-refractivity contribution in [1.29, 1.82) is 0 Å². The second-order valence-electron chi connectivity index (χ2n) is 3.53. The van der Waals surface area contributed by atoms with Crippen LogP contribution in [0.25, 0.3) is 0 Å². The Hall–Kier alpha value is -1.82. The Labute approximate surface area is 111 Å². The predicted molar refractivity (Wildman–Crippen MR) is 69.4 cm³/mol. The predicted octanol–water partition coefficient (Wildman–Crippen LogP) is 3.18. The molecule has 1 aromatic heterocycles. The van der Waals surface area contributed by atoms with Gasteiger partial charge in [-0.2, -0.15) is 0 Å². The Morgan fingerprint density at radius 2 is 2.22 bits per heavy atom. The minimum Gasteiger partial charge on any atom is -0.494 e. The third-order valence-corrected chi connectivity index (χ3v) is 2.76. The lowest BCUT2D eigenvalue weighted by molar-refractivity contribution is 0.102. The summed E-state index contributed by atoms with van der Waals surface area (Å²) in [5.74, 6) is -0.480. The van der Waals surface area contributed by atoms with Crippen molar-refractivity contribution in [3.05, 3.63) is 46.4 Å². The summed E-state index contributed by atoms with van der Waals surface area (Å²) in [6, 6.07) is 5.55. The molecule has 0 bridgehead atoms. The van der Waals surface area contributed by atoms with Gasteiger partial charge in [-0.1, -0.05) is 0 Å². The van der Waals surface area contributed by atoms with Gasteiger partial charge in [0, 0.05) is 16.7 Å². The van der Waals surface area contributed by atoms with E-state index in [2.05, 4.69) is 26.2 Å². The number of halogens is 2. The number of hydrogen-bond acceptors (Lipinski definition) is 2. The summed E-state index contributed by atoms with van der Waals surface area (Å²) in [5, 5.41) is 2.64. The van der Waals surface area contributed by atoms with Crippen LogP contribution in [0.15, 0.2) is 34.9 Å². The van der Waals surface area contributed by atoms with Gasteiger partial charge in [0.05, 0.1) is 12.8 Å². The van der Waals surface area contributed by atoms with E-state index in [4.69, 9.17) is 4.74 Å². The van der Waals surface area contributed by atoms with Crippen LogP contribution in [0, 0.1) is 5.82 Å². The van der Waals surface area contributed by atoms with Crippen molar-refractivity contribution >= 4 is 27.5 Å². The van der Waals surface area contributed by atoms with Gasteiger partial charge in [-0.05, 0) is 34.1 Å². The Bertz CT molecular complexity index is 583. The second-order valence-corrected chi connectivity index (χ2v) is 4.45. The van der Waals surface area contributed by atoms with Crippen molar-refractivity contribution in [3.8, 4) is 5.75 Å². The van der Waals surface area contributed by atoms with Gasteiger partial charge in [-0.3, -0.25) is 4.79 Å². The fraction of sp³-hybridized carbons (Fsp3) is 0.0833. The van der Waals surface area contributed by atoms with Gasteiger partial charge in [0.25, 0.3) is 5.91 Å². The average Bonchev–Trinajstić information content (AvgIpc) is 2.78. The smallest absolute Gasteiger partial charge is 0.272 e. The molecule has 94 valence electrons. The molecule has 0 aliphatic rings. The van der Waals surface area contributed by atoms with E-state index in [0.717, 1.165) is 4.47 Å². The molecule has 0 unspecified atom stereocenters. The van der Waals surface area contributed by atoms with E-state index < -0.39 is 5.82 Å². The Kier molecular flexibility index (Phi) is 3.66. The normalized spacial score (nSPS) is 10.2. The summed E-state index contributed by atoms with van der Waals surface area (Å²) >= 11 is 3.24. The summed E-state index contributed by atoms with van der Waals surface area (Å²) in [5.41, 5.74) is 0.808. The number of carbonyl (C=O) groups excluding carboxylic acids is 1. The Morgan fingerprint density at radius 1 is 1.44 bits per heavy atom. The molecule has 1 heterocycles. The van der Waals surface area contributed by atoms with Crippen molar-refractivity contribution in [2.45, 2.75) is 0 Å². The largest absolute Gasteiger partial charge is 0.494 e. The van der Waals surface area contributed by atoms with Gasteiger partial charge in [0.15, 0.2) is 0 Å². The first kappa shape index (κ1) is 12.6. The molecular weight excluding hydrogens is 303 g/mol. The zero-order valence-electron chi connectivity index (χ0n) is 9.46. The van der Waals surface area contributed by atoms with Crippen LogP contribution in [0.4, 0.5) is 10.1 Å². The van der Waals surface area contributed by atoms with E-state index in [1.165, 1.54) is 25.3 Å². The number of methoxy groups -OCH3 is 1. The molecule has 18 heavy (non-hydrogen) atoms. The number of carbonyl (C=O) groups is 1. The number of rotatable bonds is 3. The summed E-state index contributed by atoms with van der Waals surface area (Å²) in [6.45, 7) is 0. The fourth-order valence-electron chi connectivity index (χ4n) is 1.46. The number of H-pyrrole nitrogens is 1. The van der Waals surface area contributed by atoms with Gasteiger partial charge >= 0.3 is 0 Å². The Morgan fingerprint density at radius 3 is 2.83 bits per heavy atom. The summed E-state index contributed by atoms with van der Waals surface area (Å²) < 4.78 is 18.8. The van der Waals surface area contributed by atoms with E-state index in [0.29, 0.717) is 11.4 Å². The summed E-state index contributed by atoms with van der Waals surface area (Å²) in [4.78, 5) is 14.7. The first-order valence-corrected chi connectivity index (χ1v) is 5.88. The van der Waals surface area contributed by atoms with Gasteiger partial charge < -0.3 is 15.0 Å². The van der Waals surface area contributed by atoms with Crippen LogP contribution in [0.1, 0.15) is 10.5 Å². The molecule has 0 aliphatic heterocycles. The molecule has 4 nitrogen and oxygen atoms in total. The summed E-state index contributed by atoms with van der Waals surface area (Å²) in [7, 11) is 1.41. The van der Waals surface area contributed by atoms with E-state index in [-0.39, 0.29) is 11.7 Å². The topological polar surface area (TPSA) is 54.1 Å². The van der Waals surface area contributed by atoms with Crippen molar-refractivity contribution in [3.63, 3.8) is 0 Å². The zero-order valence-corrected chi connectivity index (χ0v) is 11.0. The lowest BCUT2D eigenvalue weighted by Gasteiger charge is -2.09. The lowest BCUT2D eigenvalue weighted by Crippen LogP contribution is -2.13. The zero-order chi connectivity index (χ0) is 13.1. The lowest BCUT2D eigenvalue weighted by atomic mass is 10.2. The van der Waals surface area contributed by atoms with Gasteiger partial charge in [0.1, 0.15) is 17.3 Å². The number of amides is 1. The molecule has 1 amide bonds. The Balaban J connectivity index is 2.21. The standard InChI is InChI=1S/C12H10BrFN2O2/c1-18-11-5-8(14)2-3-9(11)16-12(17)10-4-7(13)6-15-10/h2-6,15H,1H3,(H,16,17). The van der Waals surface area contributed by atoms with Crippen LogP contribution in [0.3, 0.4) is 0 Å². The highest BCUT2D eigenvalue weighted by atomic mass is 79.9. The molecule has 0 spiro atoms. The van der Waals surface area contributed by atoms with E-state index >= 15 is 0 Å². The highest BCUT2D eigenvalue weighted by Crippen LogP contribution is 2.25. The van der Waals surface area contributed by atoms with Gasteiger partial charge in [-0.25, -0.2) is 4.39 Å². The van der Waals surface area contributed by atoms with Crippen LogP contribution in [-0.4, -0.2) is 18.0 Å². The monoisotopic (exact) mass is 312 g/mol. The highest BCUT2D eigenvalue weighted by Gasteiger charge is 2.11. The van der Waals surface area contributed by atoms with E-state index in [9.17, 15) is 9.18 Å². The quantitative estimate of drug-likeness (QED) is 0.914. The molecule has 1 aromatic carbocycles. The number of anilines is 1. The van der Waals surface area contributed by atoms with Crippen molar-refractivity contribution < 1.29 is 13.9 Å². The molecule has 0 fully saturated rings. The molecule has 0 atom stereocenters. The molecule has 2 rings (SSSR count). The first-order valence-electron chi connectivity index (χ1n) is 5.09. The summed E-state index contributed by atoms with van der Waals surface area (Å²) in [6.07, 6.45) is 1.65. The molecule has 0 saturated carbocycles. The van der Waals surface area contributed by atoms with Gasteiger partial charge in [0.2, 0.25) is 0 Å². The molecule has 0 saturated heterocycles. The number of aromatic nitrogens is 1. The minimum atomic E-state index is -0.424. The SMILES string of the molecule is COc1cc(F)ccc1NC(=O)c1cc(Br)c[nH]1. The van der Waals surface area contributed by atoms with Gasteiger partial charge in [-0.15, -0.1) is 0 Å². The molecule has 0 radical (unpaired) electrons.